The lowest BCUT2D eigenvalue weighted by atomic mass is 10.1. The van der Waals surface area contributed by atoms with Crippen LogP contribution in [-0.4, -0.2) is 31.5 Å². The highest BCUT2D eigenvalue weighted by molar-refractivity contribution is 7.92. The van der Waals surface area contributed by atoms with Crippen LogP contribution in [0.1, 0.15) is 23.0 Å². The summed E-state index contributed by atoms with van der Waals surface area (Å²) in [6.07, 6.45) is 2.05. The molecule has 0 saturated carbocycles. The number of aromatic amines is 1. The first-order valence-electron chi connectivity index (χ1n) is 6.36. The van der Waals surface area contributed by atoms with Gasteiger partial charge in [-0.25, -0.2) is 13.2 Å². The van der Waals surface area contributed by atoms with Crippen LogP contribution >= 0.6 is 0 Å². The first-order valence-corrected chi connectivity index (χ1v) is 7.80. The molecule has 0 radical (unpaired) electrons. The van der Waals surface area contributed by atoms with E-state index in [0.29, 0.717) is 5.69 Å². The van der Waals surface area contributed by atoms with Crippen molar-refractivity contribution < 1.29 is 18.3 Å². The molecule has 0 bridgehead atoms. The van der Waals surface area contributed by atoms with E-state index in [1.165, 1.54) is 13.2 Å². The maximum atomic E-state index is 12.4. The van der Waals surface area contributed by atoms with Crippen molar-refractivity contribution in [2.24, 2.45) is 0 Å². The van der Waals surface area contributed by atoms with E-state index in [0.717, 1.165) is 22.4 Å². The number of aryl methyl sites for hydroxylation is 1. The number of anilines is 1. The van der Waals surface area contributed by atoms with E-state index in [9.17, 15) is 13.2 Å². The molecule has 0 aliphatic carbocycles. The minimum Gasteiger partial charge on any atom is -0.477 e. The van der Waals surface area contributed by atoms with Gasteiger partial charge >= 0.3 is 5.97 Å². The molecule has 0 atom stereocenters. The maximum Gasteiger partial charge on any atom is 0.352 e. The van der Waals surface area contributed by atoms with Gasteiger partial charge in [-0.05, 0) is 30.2 Å². The summed E-state index contributed by atoms with van der Waals surface area (Å²) in [5.74, 6) is -1.20. The van der Waals surface area contributed by atoms with Crippen LogP contribution in [0.25, 0.3) is 0 Å². The Labute approximate surface area is 123 Å². The molecule has 1 heterocycles. The number of H-pyrrole nitrogens is 1. The lowest BCUT2D eigenvalue weighted by Crippen LogP contribution is -2.26. The summed E-state index contributed by atoms with van der Waals surface area (Å²) >= 11 is 0. The second-order valence-corrected chi connectivity index (χ2v) is 6.52. The molecular formula is C14H16N2O4S. The number of aromatic carboxylic acids is 1. The highest BCUT2D eigenvalue weighted by atomic mass is 32.2. The van der Waals surface area contributed by atoms with Gasteiger partial charge in [-0.2, -0.15) is 0 Å². The van der Waals surface area contributed by atoms with Gasteiger partial charge in [-0.3, -0.25) is 4.31 Å². The quantitative estimate of drug-likeness (QED) is 0.885. The summed E-state index contributed by atoms with van der Waals surface area (Å²) in [5.41, 5.74) is 1.47. The molecule has 1 aromatic carbocycles. The summed E-state index contributed by atoms with van der Waals surface area (Å²) < 4.78 is 26.0. The fourth-order valence-electron chi connectivity index (χ4n) is 1.89. The summed E-state index contributed by atoms with van der Waals surface area (Å²) in [7, 11) is -2.35. The highest BCUT2D eigenvalue weighted by Crippen LogP contribution is 2.23. The fraction of sp³-hybridized carbons (Fsp3) is 0.214. The normalized spacial score (nSPS) is 11.3. The molecule has 2 aromatic rings. The zero-order valence-corrected chi connectivity index (χ0v) is 12.5. The van der Waals surface area contributed by atoms with Crippen molar-refractivity contribution in [2.75, 3.05) is 11.4 Å². The van der Waals surface area contributed by atoms with Crippen LogP contribution in [0.4, 0.5) is 5.69 Å². The molecular weight excluding hydrogens is 292 g/mol. The van der Waals surface area contributed by atoms with Gasteiger partial charge < -0.3 is 10.1 Å². The molecule has 7 heteroatoms. The van der Waals surface area contributed by atoms with Crippen LogP contribution in [0.2, 0.25) is 0 Å². The number of nitrogens with one attached hydrogen (secondary N) is 1. The fourth-order valence-corrected chi connectivity index (χ4v) is 3.08. The standard InChI is InChI=1S/C14H16N2O4S/c1-3-10-4-6-11(7-5-10)16(2)21(19,20)12-8-13(14(17)18)15-9-12/h4-9,15H,3H2,1-2H3,(H,17,18). The van der Waals surface area contributed by atoms with Gasteiger partial charge in [0.05, 0.1) is 5.69 Å². The van der Waals surface area contributed by atoms with Gasteiger partial charge in [-0.1, -0.05) is 19.1 Å². The van der Waals surface area contributed by atoms with Crippen LogP contribution in [0, 0.1) is 0 Å². The average Bonchev–Trinajstić information content (AvgIpc) is 2.97. The van der Waals surface area contributed by atoms with Gasteiger partial charge in [0.15, 0.2) is 0 Å². The number of aromatic nitrogens is 1. The summed E-state index contributed by atoms with van der Waals surface area (Å²) in [6.45, 7) is 2.02. The Bertz CT molecular complexity index is 748. The van der Waals surface area contributed by atoms with Crippen LogP contribution in [0.15, 0.2) is 41.4 Å². The molecule has 6 nitrogen and oxygen atoms in total. The number of hydrogen-bond acceptors (Lipinski definition) is 3. The van der Waals surface area contributed by atoms with Crippen molar-refractivity contribution in [1.82, 2.24) is 4.98 Å². The molecule has 2 rings (SSSR count). The number of carboxylic acids is 1. The van der Waals surface area contributed by atoms with Crippen LogP contribution in [-0.2, 0) is 16.4 Å². The molecule has 0 fully saturated rings. The molecule has 112 valence electrons. The van der Waals surface area contributed by atoms with E-state index in [-0.39, 0.29) is 10.6 Å². The van der Waals surface area contributed by atoms with Gasteiger partial charge in [-0.15, -0.1) is 0 Å². The van der Waals surface area contributed by atoms with E-state index >= 15 is 0 Å². The number of hydrogen-bond donors (Lipinski definition) is 2. The maximum absolute atomic E-state index is 12.4. The topological polar surface area (TPSA) is 90.5 Å². The molecule has 0 saturated heterocycles. The summed E-state index contributed by atoms with van der Waals surface area (Å²) in [5, 5.41) is 8.84. The Kier molecular flexibility index (Phi) is 4.04. The molecule has 0 spiro atoms. The first kappa shape index (κ1) is 15.1. The second-order valence-electron chi connectivity index (χ2n) is 4.55. The average molecular weight is 308 g/mol. The number of sulfonamides is 1. The predicted molar refractivity (Wildman–Crippen MR) is 79.2 cm³/mol. The van der Waals surface area contributed by atoms with Gasteiger partial charge in [0.1, 0.15) is 10.6 Å². The largest absolute Gasteiger partial charge is 0.477 e. The lowest BCUT2D eigenvalue weighted by molar-refractivity contribution is 0.0691. The van der Waals surface area contributed by atoms with Crippen molar-refractivity contribution in [3.8, 4) is 0 Å². The SMILES string of the molecule is CCc1ccc(N(C)S(=O)(=O)c2c[nH]c(C(=O)O)c2)cc1. The summed E-state index contributed by atoms with van der Waals surface area (Å²) in [6, 6.07) is 8.28. The third-order valence-corrected chi connectivity index (χ3v) is 5.02. The number of carboxylic acid groups (broad SMARTS) is 1. The minimum absolute atomic E-state index is 0.0815. The smallest absolute Gasteiger partial charge is 0.352 e. The van der Waals surface area contributed by atoms with E-state index in [2.05, 4.69) is 4.98 Å². The number of nitrogens with zero attached hydrogens (tertiary/aromatic N) is 1. The van der Waals surface area contributed by atoms with E-state index < -0.39 is 16.0 Å². The van der Waals surface area contributed by atoms with Gasteiger partial charge in [0.2, 0.25) is 0 Å². The van der Waals surface area contributed by atoms with Crippen molar-refractivity contribution in [1.29, 1.82) is 0 Å². The Balaban J connectivity index is 2.34. The molecule has 2 N–H and O–H groups in total. The van der Waals surface area contributed by atoms with Gasteiger partial charge in [0.25, 0.3) is 10.0 Å². The third-order valence-electron chi connectivity index (χ3n) is 3.25. The van der Waals surface area contributed by atoms with Crippen LogP contribution in [0.5, 0.6) is 0 Å². The Morgan fingerprint density at radius 1 is 1.29 bits per heavy atom. The van der Waals surface area contributed by atoms with E-state index in [4.69, 9.17) is 5.11 Å². The molecule has 21 heavy (non-hydrogen) atoms. The Morgan fingerprint density at radius 3 is 2.38 bits per heavy atom. The molecule has 0 unspecified atom stereocenters. The Hall–Kier alpha value is -2.28. The zero-order chi connectivity index (χ0) is 15.6. The lowest BCUT2D eigenvalue weighted by Gasteiger charge is -2.18. The molecule has 0 aliphatic rings. The highest BCUT2D eigenvalue weighted by Gasteiger charge is 2.23. The van der Waals surface area contributed by atoms with Crippen LogP contribution < -0.4 is 4.31 Å². The Morgan fingerprint density at radius 2 is 1.90 bits per heavy atom. The number of carbonyl (C=O) groups is 1. The van der Waals surface area contributed by atoms with Crippen molar-refractivity contribution in [3.05, 3.63) is 47.8 Å². The monoisotopic (exact) mass is 308 g/mol. The molecule has 0 aliphatic heterocycles. The second kappa shape index (κ2) is 5.61. The molecule has 1 aromatic heterocycles. The van der Waals surface area contributed by atoms with Gasteiger partial charge in [0, 0.05) is 13.2 Å². The van der Waals surface area contributed by atoms with E-state index in [1.807, 2.05) is 19.1 Å². The van der Waals surface area contributed by atoms with Crippen molar-refractivity contribution in [2.45, 2.75) is 18.2 Å². The van der Waals surface area contributed by atoms with E-state index in [1.54, 1.807) is 12.1 Å². The number of benzene rings is 1. The first-order chi connectivity index (χ1) is 9.86. The molecule has 0 amide bonds. The third kappa shape index (κ3) is 2.92. The number of rotatable bonds is 5. The minimum atomic E-state index is -3.79. The summed E-state index contributed by atoms with van der Waals surface area (Å²) in [4.78, 5) is 13.2. The predicted octanol–water partition coefficient (Wildman–Crippen LogP) is 2.10. The zero-order valence-electron chi connectivity index (χ0n) is 11.7. The van der Waals surface area contributed by atoms with Crippen LogP contribution in [0.3, 0.4) is 0 Å². The van der Waals surface area contributed by atoms with Crippen molar-refractivity contribution in [3.63, 3.8) is 0 Å². The van der Waals surface area contributed by atoms with Crippen molar-refractivity contribution >= 4 is 21.7 Å².